The Morgan fingerprint density at radius 3 is 2.77 bits per heavy atom. The van der Waals surface area contributed by atoms with Crippen LogP contribution in [-0.2, 0) is 13.0 Å². The first-order valence-corrected chi connectivity index (χ1v) is 13.4. The number of hydrogen-bond acceptors (Lipinski definition) is 7. The van der Waals surface area contributed by atoms with Gasteiger partial charge in [-0.2, -0.15) is 0 Å². The standard InChI is InChI=1S/C28H25N5O5S/c1-16(2)21-11-17-12-24(38-9-8-33-28(37)31-7-4-3-5-25(31)30-33)19(26-29-6-10-39-26)13-18(17)22-14-23(34)20(27(35)36)15-32(21)22/h3-7,10,12-16,21H,8-9,11H2,1-2H3,(H,35,36). The fraction of sp³-hybridized carbons (Fsp3) is 0.250. The fourth-order valence-corrected chi connectivity index (χ4v) is 5.77. The Bertz CT molecular complexity index is 1830. The van der Waals surface area contributed by atoms with E-state index in [-0.39, 0.29) is 36.4 Å². The first kappa shape index (κ1) is 24.8. The minimum absolute atomic E-state index is 0.0405. The summed E-state index contributed by atoms with van der Waals surface area (Å²) in [5, 5.41) is 16.5. The van der Waals surface area contributed by atoms with E-state index in [2.05, 4.69) is 23.9 Å². The Hall–Kier alpha value is -4.51. The van der Waals surface area contributed by atoms with E-state index in [0.717, 1.165) is 21.7 Å². The molecule has 198 valence electrons. The summed E-state index contributed by atoms with van der Waals surface area (Å²) in [5.41, 5.74) is 2.84. The molecule has 6 rings (SSSR count). The van der Waals surface area contributed by atoms with Crippen LogP contribution in [0.2, 0.25) is 0 Å². The number of rotatable bonds is 7. The number of carboxylic acid groups (broad SMARTS) is 1. The lowest BCUT2D eigenvalue weighted by atomic mass is 9.86. The number of thiazole rings is 1. The van der Waals surface area contributed by atoms with Gasteiger partial charge in [0, 0.05) is 41.6 Å². The summed E-state index contributed by atoms with van der Waals surface area (Å²) in [5.74, 6) is -0.424. The maximum Gasteiger partial charge on any atom is 0.350 e. The molecule has 0 radical (unpaired) electrons. The monoisotopic (exact) mass is 543 g/mol. The van der Waals surface area contributed by atoms with Gasteiger partial charge in [-0.05, 0) is 42.2 Å². The van der Waals surface area contributed by atoms with Crippen LogP contribution < -0.4 is 15.9 Å². The van der Waals surface area contributed by atoms with Gasteiger partial charge < -0.3 is 14.4 Å². The highest BCUT2D eigenvalue weighted by molar-refractivity contribution is 7.13. The van der Waals surface area contributed by atoms with Crippen molar-refractivity contribution in [1.82, 2.24) is 23.7 Å². The third kappa shape index (κ3) is 4.34. The van der Waals surface area contributed by atoms with Crippen LogP contribution in [0.4, 0.5) is 0 Å². The van der Waals surface area contributed by atoms with E-state index >= 15 is 0 Å². The highest BCUT2D eigenvalue weighted by atomic mass is 32.1. The molecule has 1 aliphatic heterocycles. The maximum atomic E-state index is 12.7. The molecule has 1 atom stereocenters. The van der Waals surface area contributed by atoms with Crippen molar-refractivity contribution in [3.8, 4) is 27.6 Å². The molecular formula is C28H25N5O5S. The zero-order valence-electron chi connectivity index (χ0n) is 21.3. The second-order valence-corrected chi connectivity index (χ2v) is 10.7. The minimum atomic E-state index is -1.24. The molecule has 0 bridgehead atoms. The van der Waals surface area contributed by atoms with Crippen molar-refractivity contribution >= 4 is 23.0 Å². The number of carboxylic acids is 1. The van der Waals surface area contributed by atoms with Crippen LogP contribution in [0.1, 0.15) is 35.8 Å². The van der Waals surface area contributed by atoms with E-state index in [9.17, 15) is 19.5 Å². The van der Waals surface area contributed by atoms with Crippen LogP contribution in [0.25, 0.3) is 27.5 Å². The second kappa shape index (κ2) is 9.66. The topological polar surface area (TPSA) is 121 Å². The van der Waals surface area contributed by atoms with E-state index in [1.807, 2.05) is 28.1 Å². The molecule has 5 aromatic rings. The van der Waals surface area contributed by atoms with Gasteiger partial charge in [0.2, 0.25) is 0 Å². The Labute approximate surface area is 226 Å². The molecule has 0 saturated heterocycles. The zero-order chi connectivity index (χ0) is 27.3. The van der Waals surface area contributed by atoms with Crippen molar-refractivity contribution in [2.75, 3.05) is 6.61 Å². The van der Waals surface area contributed by atoms with Crippen molar-refractivity contribution in [3.05, 3.63) is 92.2 Å². The quantitative estimate of drug-likeness (QED) is 0.330. The van der Waals surface area contributed by atoms with Crippen LogP contribution in [0.15, 0.2) is 70.0 Å². The van der Waals surface area contributed by atoms with Gasteiger partial charge in [-0.3, -0.25) is 9.20 Å². The molecule has 4 aromatic heterocycles. The van der Waals surface area contributed by atoms with Gasteiger partial charge in [0.1, 0.15) is 22.9 Å². The molecule has 11 heteroatoms. The van der Waals surface area contributed by atoms with Gasteiger partial charge in [0.05, 0.1) is 17.8 Å². The summed E-state index contributed by atoms with van der Waals surface area (Å²) in [6, 6.07) is 10.7. The van der Waals surface area contributed by atoms with E-state index in [4.69, 9.17) is 4.74 Å². The fourth-order valence-electron chi connectivity index (χ4n) is 5.11. The summed E-state index contributed by atoms with van der Waals surface area (Å²) < 4.78 is 11.0. The molecule has 1 unspecified atom stereocenters. The van der Waals surface area contributed by atoms with E-state index in [1.165, 1.54) is 32.7 Å². The summed E-state index contributed by atoms with van der Waals surface area (Å²) in [4.78, 5) is 41.5. The smallest absolute Gasteiger partial charge is 0.350 e. The Kier molecular flexibility index (Phi) is 6.15. The number of benzene rings is 1. The van der Waals surface area contributed by atoms with Crippen LogP contribution in [0.3, 0.4) is 0 Å². The molecule has 5 heterocycles. The van der Waals surface area contributed by atoms with Crippen molar-refractivity contribution < 1.29 is 14.6 Å². The third-order valence-corrected chi connectivity index (χ3v) is 7.87. The van der Waals surface area contributed by atoms with Gasteiger partial charge >= 0.3 is 11.7 Å². The number of carbonyl (C=O) groups is 1. The van der Waals surface area contributed by atoms with Gasteiger partial charge in [-0.25, -0.2) is 19.3 Å². The number of fused-ring (bicyclic) bond motifs is 4. The van der Waals surface area contributed by atoms with Crippen molar-refractivity contribution in [2.45, 2.75) is 32.9 Å². The average Bonchev–Trinajstić information content (AvgIpc) is 3.56. The molecule has 0 aliphatic carbocycles. The van der Waals surface area contributed by atoms with Crippen LogP contribution in [0.5, 0.6) is 5.75 Å². The number of pyridine rings is 2. The molecule has 0 spiro atoms. The number of nitrogens with zero attached hydrogens (tertiary/aromatic N) is 5. The predicted octanol–water partition coefficient (Wildman–Crippen LogP) is 3.98. The SMILES string of the molecule is CC(C)C1Cc2cc(OCCn3nc4ccccn4c3=O)c(-c3nccs3)cc2-c2cc(=O)c(C(=O)O)cn21. The summed E-state index contributed by atoms with van der Waals surface area (Å²) in [7, 11) is 0. The molecule has 0 saturated carbocycles. The highest BCUT2D eigenvalue weighted by Gasteiger charge is 2.29. The van der Waals surface area contributed by atoms with E-state index in [0.29, 0.717) is 23.5 Å². The molecule has 1 aromatic carbocycles. The predicted molar refractivity (Wildman–Crippen MR) is 147 cm³/mol. The van der Waals surface area contributed by atoms with E-state index < -0.39 is 11.4 Å². The van der Waals surface area contributed by atoms with Gasteiger partial charge in [-0.15, -0.1) is 16.4 Å². The summed E-state index contributed by atoms with van der Waals surface area (Å²) in [6.45, 7) is 4.63. The second-order valence-electron chi connectivity index (χ2n) is 9.79. The lowest BCUT2D eigenvalue weighted by Crippen LogP contribution is -2.28. The summed E-state index contributed by atoms with van der Waals surface area (Å²) >= 11 is 1.46. The van der Waals surface area contributed by atoms with Crippen molar-refractivity contribution in [3.63, 3.8) is 0 Å². The van der Waals surface area contributed by atoms with Crippen LogP contribution in [0, 0.1) is 5.92 Å². The minimum Gasteiger partial charge on any atom is -0.491 e. The van der Waals surface area contributed by atoms with Crippen LogP contribution in [-0.4, -0.2) is 41.4 Å². The van der Waals surface area contributed by atoms with Gasteiger partial charge in [-0.1, -0.05) is 19.9 Å². The third-order valence-electron chi connectivity index (χ3n) is 7.06. The molecule has 1 aliphatic rings. The number of aromatic carboxylic acids is 1. The highest BCUT2D eigenvalue weighted by Crippen LogP contribution is 2.43. The Morgan fingerprint density at radius 2 is 2.05 bits per heavy atom. The molecular weight excluding hydrogens is 518 g/mol. The molecule has 0 amide bonds. The Morgan fingerprint density at radius 1 is 1.21 bits per heavy atom. The van der Waals surface area contributed by atoms with Crippen LogP contribution >= 0.6 is 11.3 Å². The average molecular weight is 544 g/mol. The van der Waals surface area contributed by atoms with E-state index in [1.54, 1.807) is 24.5 Å². The Balaban J connectivity index is 1.41. The first-order valence-electron chi connectivity index (χ1n) is 12.6. The molecule has 1 N–H and O–H groups in total. The summed E-state index contributed by atoms with van der Waals surface area (Å²) in [6.07, 6.45) is 5.50. The molecule has 10 nitrogen and oxygen atoms in total. The van der Waals surface area contributed by atoms with Gasteiger partial charge in [0.15, 0.2) is 11.1 Å². The van der Waals surface area contributed by atoms with Gasteiger partial charge in [0.25, 0.3) is 0 Å². The van der Waals surface area contributed by atoms with Crippen molar-refractivity contribution in [2.24, 2.45) is 5.92 Å². The normalized spacial score (nSPS) is 14.4. The molecule has 39 heavy (non-hydrogen) atoms. The number of hydrogen-bond donors (Lipinski definition) is 1. The lowest BCUT2D eigenvalue weighted by molar-refractivity contribution is 0.0694. The maximum absolute atomic E-state index is 12.7. The van der Waals surface area contributed by atoms with Crippen molar-refractivity contribution in [1.29, 1.82) is 0 Å². The number of aromatic nitrogens is 5. The zero-order valence-corrected chi connectivity index (χ0v) is 22.1. The molecule has 0 fully saturated rings. The number of ether oxygens (including phenoxy) is 1. The first-order chi connectivity index (χ1) is 18.8. The lowest BCUT2D eigenvalue weighted by Gasteiger charge is -2.34. The largest absolute Gasteiger partial charge is 0.491 e.